The van der Waals surface area contributed by atoms with Gasteiger partial charge in [0.15, 0.2) is 0 Å². The van der Waals surface area contributed by atoms with Crippen molar-refractivity contribution in [3.63, 3.8) is 0 Å². The van der Waals surface area contributed by atoms with E-state index < -0.39 is 0 Å². The number of nitrogens with one attached hydrogen (secondary N) is 1. The molecule has 1 aliphatic rings. The number of rotatable bonds is 8. The normalized spacial score (nSPS) is 13.0. The summed E-state index contributed by atoms with van der Waals surface area (Å²) in [5, 5.41) is 3.87. The van der Waals surface area contributed by atoms with Crippen molar-refractivity contribution in [2.24, 2.45) is 4.99 Å². The highest BCUT2D eigenvalue weighted by molar-refractivity contribution is 7.16. The van der Waals surface area contributed by atoms with E-state index in [1.54, 1.807) is 17.4 Å². The summed E-state index contributed by atoms with van der Waals surface area (Å²) in [6.07, 6.45) is 7.79. The maximum atomic E-state index is 13.1. The van der Waals surface area contributed by atoms with Crippen molar-refractivity contribution >= 4 is 28.5 Å². The Kier molecular flexibility index (Phi) is 6.95. The largest absolute Gasteiger partial charge is 0.490 e. The van der Waals surface area contributed by atoms with E-state index in [4.69, 9.17) is 9.73 Å². The number of carbonyl (C=O) groups excluding carboxylic acids is 1. The van der Waals surface area contributed by atoms with E-state index in [1.165, 1.54) is 16.9 Å². The van der Waals surface area contributed by atoms with Gasteiger partial charge in [0, 0.05) is 17.6 Å². The van der Waals surface area contributed by atoms with Crippen LogP contribution in [0.4, 0.5) is 5.00 Å². The van der Waals surface area contributed by atoms with Crippen molar-refractivity contribution in [2.45, 2.75) is 32.2 Å². The van der Waals surface area contributed by atoms with Crippen LogP contribution in [0.15, 0.2) is 72.2 Å². The van der Waals surface area contributed by atoms with Gasteiger partial charge in [0.05, 0.1) is 5.56 Å². The maximum absolute atomic E-state index is 13.1. The van der Waals surface area contributed by atoms with Crippen LogP contribution in [-0.2, 0) is 19.4 Å². The van der Waals surface area contributed by atoms with Gasteiger partial charge in [-0.1, -0.05) is 55.1 Å². The molecule has 1 aliphatic carbocycles. The number of carbonyl (C=O) groups is 1. The summed E-state index contributed by atoms with van der Waals surface area (Å²) in [5.41, 5.74) is 3.94. The second-order valence-corrected chi connectivity index (χ2v) is 8.57. The molecule has 4 rings (SSSR count). The van der Waals surface area contributed by atoms with E-state index >= 15 is 0 Å². The Labute approximate surface area is 187 Å². The number of hydrogen-bond acceptors (Lipinski definition) is 4. The van der Waals surface area contributed by atoms with Crippen molar-refractivity contribution in [2.75, 3.05) is 6.61 Å². The van der Waals surface area contributed by atoms with Gasteiger partial charge < -0.3 is 10.1 Å². The van der Waals surface area contributed by atoms with Gasteiger partial charge in [0.1, 0.15) is 17.4 Å². The molecule has 0 saturated carbocycles. The highest BCUT2D eigenvalue weighted by atomic mass is 32.1. The molecular formula is C26H26N2O2S. The average molecular weight is 431 g/mol. The molecule has 1 N–H and O–H groups in total. The summed E-state index contributed by atoms with van der Waals surface area (Å²) in [4.78, 5) is 19.2. The van der Waals surface area contributed by atoms with Crippen molar-refractivity contribution < 1.29 is 9.53 Å². The number of benzene rings is 2. The molecule has 0 unspecified atom stereocenters. The molecule has 1 heterocycles. The number of fused-ring (bicyclic) bond motifs is 1. The lowest BCUT2D eigenvalue weighted by molar-refractivity contribution is 0.0951. The number of thiophene rings is 1. The van der Waals surface area contributed by atoms with Gasteiger partial charge in [-0.25, -0.2) is 4.99 Å². The summed E-state index contributed by atoms with van der Waals surface area (Å²) in [5.74, 6) is 0.730. The summed E-state index contributed by atoms with van der Waals surface area (Å²) < 4.78 is 5.61. The lowest BCUT2D eigenvalue weighted by Gasteiger charge is -2.12. The smallest absolute Gasteiger partial charge is 0.254 e. The molecule has 158 valence electrons. The average Bonchev–Trinajstić information content (AvgIpc) is 3.19. The van der Waals surface area contributed by atoms with E-state index in [1.807, 2.05) is 60.8 Å². The van der Waals surface area contributed by atoms with E-state index in [2.05, 4.69) is 11.9 Å². The number of amides is 1. The minimum absolute atomic E-state index is 0.0431. The Balaban J connectivity index is 1.57. The van der Waals surface area contributed by atoms with Crippen molar-refractivity contribution in [3.05, 3.63) is 94.4 Å². The number of hydrogen-bond donors (Lipinski definition) is 1. The molecule has 0 saturated heterocycles. The lowest BCUT2D eigenvalue weighted by atomic mass is 9.95. The second kappa shape index (κ2) is 10.2. The first kappa shape index (κ1) is 21.1. The first-order valence-corrected chi connectivity index (χ1v) is 11.4. The first-order chi connectivity index (χ1) is 15.2. The molecule has 0 spiro atoms. The minimum Gasteiger partial charge on any atom is -0.490 e. The first-order valence-electron chi connectivity index (χ1n) is 10.6. The highest BCUT2D eigenvalue weighted by Crippen LogP contribution is 2.39. The Bertz CT molecular complexity index is 1090. The van der Waals surface area contributed by atoms with E-state index in [0.29, 0.717) is 13.2 Å². The molecule has 1 aromatic heterocycles. The van der Waals surface area contributed by atoms with Crippen LogP contribution in [0.3, 0.4) is 0 Å². The van der Waals surface area contributed by atoms with Gasteiger partial charge in [0.25, 0.3) is 5.91 Å². The van der Waals surface area contributed by atoms with Crippen LogP contribution < -0.4 is 10.1 Å². The van der Waals surface area contributed by atoms with Gasteiger partial charge in [-0.3, -0.25) is 4.79 Å². The fourth-order valence-electron chi connectivity index (χ4n) is 3.72. The number of ether oxygens (including phenoxy) is 1. The molecule has 31 heavy (non-hydrogen) atoms. The third kappa shape index (κ3) is 5.30. The summed E-state index contributed by atoms with van der Waals surface area (Å²) >= 11 is 1.65. The molecule has 0 fully saturated rings. The Morgan fingerprint density at radius 1 is 1.13 bits per heavy atom. The summed E-state index contributed by atoms with van der Waals surface area (Å²) in [7, 11) is 0. The van der Waals surface area contributed by atoms with Crippen LogP contribution in [0.2, 0.25) is 0 Å². The molecular weight excluding hydrogens is 404 g/mol. The van der Waals surface area contributed by atoms with Crippen LogP contribution in [-0.4, -0.2) is 18.7 Å². The van der Waals surface area contributed by atoms with Gasteiger partial charge >= 0.3 is 0 Å². The lowest BCUT2D eigenvalue weighted by Crippen LogP contribution is -2.24. The Morgan fingerprint density at radius 3 is 2.81 bits per heavy atom. The van der Waals surface area contributed by atoms with Crippen LogP contribution >= 0.6 is 11.3 Å². The van der Waals surface area contributed by atoms with E-state index in [-0.39, 0.29) is 5.91 Å². The molecule has 5 heteroatoms. The maximum Gasteiger partial charge on any atom is 0.254 e. The zero-order valence-electron chi connectivity index (χ0n) is 17.5. The predicted octanol–water partition coefficient (Wildman–Crippen LogP) is 5.87. The van der Waals surface area contributed by atoms with E-state index in [9.17, 15) is 4.79 Å². The zero-order chi connectivity index (χ0) is 21.5. The third-order valence-corrected chi connectivity index (χ3v) is 6.43. The quantitative estimate of drug-likeness (QED) is 0.359. The molecule has 4 nitrogen and oxygen atoms in total. The van der Waals surface area contributed by atoms with Gasteiger partial charge in [-0.05, 0) is 54.5 Å². The summed E-state index contributed by atoms with van der Waals surface area (Å²) in [6.45, 7) is 4.65. The van der Waals surface area contributed by atoms with Crippen LogP contribution in [0.1, 0.15) is 44.8 Å². The molecule has 0 bridgehead atoms. The molecule has 0 atom stereocenters. The fourth-order valence-corrected chi connectivity index (χ4v) is 4.95. The molecule has 2 aromatic carbocycles. The number of aliphatic imine (C=N–C) groups is 1. The van der Waals surface area contributed by atoms with Crippen molar-refractivity contribution in [1.82, 2.24) is 5.32 Å². The van der Waals surface area contributed by atoms with Gasteiger partial charge in [0.2, 0.25) is 0 Å². The molecule has 1 amide bonds. The van der Waals surface area contributed by atoms with Crippen molar-refractivity contribution in [1.29, 1.82) is 0 Å². The number of nitrogens with zero attached hydrogens (tertiary/aromatic N) is 1. The molecule has 0 aliphatic heterocycles. The number of aryl methyl sites for hydroxylation is 1. The SMILES string of the molecule is C=CCOc1cccc(C=Nc2sc3c(c2C(=O)NCc2ccccc2)CCCC3)c1. The summed E-state index contributed by atoms with van der Waals surface area (Å²) in [6, 6.07) is 17.7. The molecule has 3 aromatic rings. The predicted molar refractivity (Wildman–Crippen MR) is 128 cm³/mol. The van der Waals surface area contributed by atoms with Crippen LogP contribution in [0.25, 0.3) is 0 Å². The minimum atomic E-state index is -0.0431. The monoisotopic (exact) mass is 430 g/mol. The van der Waals surface area contributed by atoms with Crippen LogP contribution in [0, 0.1) is 0 Å². The van der Waals surface area contributed by atoms with Crippen molar-refractivity contribution in [3.8, 4) is 5.75 Å². The second-order valence-electron chi connectivity index (χ2n) is 7.49. The van der Waals surface area contributed by atoms with Crippen LogP contribution in [0.5, 0.6) is 5.75 Å². The highest BCUT2D eigenvalue weighted by Gasteiger charge is 2.25. The fraction of sp³-hybridized carbons (Fsp3) is 0.231. The topological polar surface area (TPSA) is 50.7 Å². The third-order valence-electron chi connectivity index (χ3n) is 5.23. The standard InChI is InChI=1S/C26H26N2O2S/c1-2-15-30-21-12-8-11-20(16-21)18-28-26-24(22-13-6-7-14-23(22)31-26)25(29)27-17-19-9-4-3-5-10-19/h2-5,8-12,16,18H,1,6-7,13-15,17H2,(H,27,29). The van der Waals surface area contributed by atoms with Gasteiger partial charge in [-0.15, -0.1) is 11.3 Å². The van der Waals surface area contributed by atoms with Gasteiger partial charge in [-0.2, -0.15) is 0 Å². The Morgan fingerprint density at radius 2 is 1.97 bits per heavy atom. The zero-order valence-corrected chi connectivity index (χ0v) is 18.3. The van der Waals surface area contributed by atoms with E-state index in [0.717, 1.165) is 46.7 Å². The molecule has 0 radical (unpaired) electrons. The Hall–Kier alpha value is -3.18.